The summed E-state index contributed by atoms with van der Waals surface area (Å²) in [5.41, 5.74) is 0.956. The Morgan fingerprint density at radius 3 is 2.87 bits per heavy atom. The van der Waals surface area contributed by atoms with Crippen molar-refractivity contribution in [3.63, 3.8) is 0 Å². The fourth-order valence-electron chi connectivity index (χ4n) is 0.987. The Bertz CT molecular complexity index is 441. The van der Waals surface area contributed by atoms with E-state index in [4.69, 9.17) is 0 Å². The van der Waals surface area contributed by atoms with Crippen LogP contribution in [0.25, 0.3) is 0 Å². The van der Waals surface area contributed by atoms with E-state index in [1.54, 1.807) is 12.4 Å². The summed E-state index contributed by atoms with van der Waals surface area (Å²) < 4.78 is 4.58. The highest BCUT2D eigenvalue weighted by Gasteiger charge is 2.02. The SMILES string of the molecule is Cc1nnsc1CNc1cnc(Br)cn1. The lowest BCUT2D eigenvalue weighted by Gasteiger charge is -2.02. The van der Waals surface area contributed by atoms with Crippen LogP contribution in [-0.4, -0.2) is 19.6 Å². The monoisotopic (exact) mass is 285 g/mol. The van der Waals surface area contributed by atoms with E-state index in [0.29, 0.717) is 6.54 Å². The summed E-state index contributed by atoms with van der Waals surface area (Å²) in [6, 6.07) is 0. The maximum atomic E-state index is 4.15. The fourth-order valence-corrected chi connectivity index (χ4v) is 1.76. The van der Waals surface area contributed by atoms with Crippen LogP contribution in [0.2, 0.25) is 0 Å². The van der Waals surface area contributed by atoms with Crippen molar-refractivity contribution in [2.45, 2.75) is 13.5 Å². The average Bonchev–Trinajstić information content (AvgIpc) is 2.63. The van der Waals surface area contributed by atoms with Gasteiger partial charge in [-0.3, -0.25) is 0 Å². The summed E-state index contributed by atoms with van der Waals surface area (Å²) in [5, 5.41) is 7.08. The van der Waals surface area contributed by atoms with Crippen molar-refractivity contribution < 1.29 is 0 Å². The zero-order chi connectivity index (χ0) is 10.7. The van der Waals surface area contributed by atoms with Gasteiger partial charge in [-0.05, 0) is 34.4 Å². The summed E-state index contributed by atoms with van der Waals surface area (Å²) in [6.45, 7) is 2.62. The Balaban J connectivity index is 1.99. The average molecular weight is 286 g/mol. The van der Waals surface area contributed by atoms with Gasteiger partial charge in [0, 0.05) is 0 Å². The lowest BCUT2D eigenvalue weighted by Crippen LogP contribution is -2.01. The molecule has 0 aliphatic rings. The predicted octanol–water partition coefficient (Wildman–Crippen LogP) is 2.01. The lowest BCUT2D eigenvalue weighted by atomic mass is 10.4. The molecule has 0 saturated carbocycles. The number of anilines is 1. The van der Waals surface area contributed by atoms with Crippen molar-refractivity contribution >= 4 is 33.3 Å². The second-order valence-corrected chi connectivity index (χ2v) is 4.51. The van der Waals surface area contributed by atoms with Gasteiger partial charge in [-0.1, -0.05) is 4.49 Å². The van der Waals surface area contributed by atoms with E-state index in [1.807, 2.05) is 6.92 Å². The number of nitrogens with zero attached hydrogens (tertiary/aromatic N) is 4. The number of hydrogen-bond donors (Lipinski definition) is 1. The van der Waals surface area contributed by atoms with E-state index in [-0.39, 0.29) is 0 Å². The minimum atomic E-state index is 0.680. The Labute approximate surface area is 99.3 Å². The van der Waals surface area contributed by atoms with Crippen molar-refractivity contribution in [2.24, 2.45) is 0 Å². The predicted molar refractivity (Wildman–Crippen MR) is 61.7 cm³/mol. The van der Waals surface area contributed by atoms with Crippen LogP contribution < -0.4 is 5.32 Å². The molecule has 0 spiro atoms. The molecule has 2 aromatic rings. The molecule has 2 aromatic heterocycles. The number of halogens is 1. The van der Waals surface area contributed by atoms with E-state index in [2.05, 4.69) is 40.8 Å². The summed E-state index contributed by atoms with van der Waals surface area (Å²) in [4.78, 5) is 9.33. The van der Waals surface area contributed by atoms with Gasteiger partial charge < -0.3 is 5.32 Å². The largest absolute Gasteiger partial charge is 0.364 e. The zero-order valence-corrected chi connectivity index (χ0v) is 10.3. The molecule has 0 aliphatic heterocycles. The van der Waals surface area contributed by atoms with Crippen LogP contribution in [0.5, 0.6) is 0 Å². The van der Waals surface area contributed by atoms with Crippen molar-refractivity contribution in [1.29, 1.82) is 0 Å². The van der Waals surface area contributed by atoms with Crippen LogP contribution in [0.1, 0.15) is 10.6 Å². The molecule has 0 fully saturated rings. The molecule has 7 heteroatoms. The van der Waals surface area contributed by atoms with Crippen molar-refractivity contribution in [3.05, 3.63) is 27.6 Å². The molecule has 2 rings (SSSR count). The molecule has 0 saturated heterocycles. The number of nitrogens with one attached hydrogen (secondary N) is 1. The van der Waals surface area contributed by atoms with Crippen LogP contribution in [0.15, 0.2) is 17.0 Å². The smallest absolute Gasteiger partial charge is 0.144 e. The Morgan fingerprint density at radius 1 is 1.40 bits per heavy atom. The van der Waals surface area contributed by atoms with Crippen molar-refractivity contribution in [3.8, 4) is 0 Å². The van der Waals surface area contributed by atoms with Crippen LogP contribution in [0.4, 0.5) is 5.82 Å². The first-order valence-electron chi connectivity index (χ1n) is 4.25. The third kappa shape index (κ3) is 2.69. The van der Waals surface area contributed by atoms with Crippen LogP contribution in [0, 0.1) is 6.92 Å². The van der Waals surface area contributed by atoms with Crippen molar-refractivity contribution in [2.75, 3.05) is 5.32 Å². The number of aryl methyl sites for hydroxylation is 1. The summed E-state index contributed by atoms with van der Waals surface area (Å²) in [5.74, 6) is 0.742. The van der Waals surface area contributed by atoms with E-state index in [1.165, 1.54) is 11.5 Å². The van der Waals surface area contributed by atoms with Gasteiger partial charge in [-0.2, -0.15) is 0 Å². The first-order chi connectivity index (χ1) is 7.25. The highest BCUT2D eigenvalue weighted by molar-refractivity contribution is 9.10. The summed E-state index contributed by atoms with van der Waals surface area (Å²) >= 11 is 4.62. The molecule has 0 radical (unpaired) electrons. The van der Waals surface area contributed by atoms with Gasteiger partial charge in [0.15, 0.2) is 0 Å². The topological polar surface area (TPSA) is 63.6 Å². The number of rotatable bonds is 3. The molecule has 15 heavy (non-hydrogen) atoms. The standard InChI is InChI=1S/C8H8BrN5S/c1-5-6(15-14-13-5)2-11-8-4-10-7(9)3-12-8/h3-4H,2H2,1H3,(H,11,12). The van der Waals surface area contributed by atoms with Gasteiger partial charge in [0.1, 0.15) is 10.4 Å². The molecular weight excluding hydrogens is 278 g/mol. The highest BCUT2D eigenvalue weighted by atomic mass is 79.9. The quantitative estimate of drug-likeness (QED) is 0.935. The van der Waals surface area contributed by atoms with Gasteiger partial charge in [0.05, 0.1) is 29.5 Å². The van der Waals surface area contributed by atoms with E-state index < -0.39 is 0 Å². The van der Waals surface area contributed by atoms with Crippen LogP contribution in [-0.2, 0) is 6.54 Å². The Kier molecular flexibility index (Phi) is 3.22. The summed E-state index contributed by atoms with van der Waals surface area (Å²) in [6.07, 6.45) is 3.33. The Morgan fingerprint density at radius 2 is 2.27 bits per heavy atom. The van der Waals surface area contributed by atoms with Gasteiger partial charge >= 0.3 is 0 Å². The van der Waals surface area contributed by atoms with Crippen LogP contribution in [0.3, 0.4) is 0 Å². The van der Waals surface area contributed by atoms with Gasteiger partial charge in [0.2, 0.25) is 0 Å². The third-order valence-electron chi connectivity index (χ3n) is 1.80. The molecule has 0 atom stereocenters. The highest BCUT2D eigenvalue weighted by Crippen LogP contribution is 2.12. The molecule has 0 unspecified atom stereocenters. The molecule has 78 valence electrons. The van der Waals surface area contributed by atoms with Crippen molar-refractivity contribution in [1.82, 2.24) is 19.6 Å². The summed E-state index contributed by atoms with van der Waals surface area (Å²) in [7, 11) is 0. The minimum Gasteiger partial charge on any atom is -0.364 e. The first-order valence-corrected chi connectivity index (χ1v) is 5.81. The second kappa shape index (κ2) is 4.63. The molecular formula is C8H8BrN5S. The molecule has 1 N–H and O–H groups in total. The zero-order valence-electron chi connectivity index (χ0n) is 7.94. The van der Waals surface area contributed by atoms with E-state index in [0.717, 1.165) is 21.0 Å². The molecule has 0 bridgehead atoms. The van der Waals surface area contributed by atoms with Gasteiger partial charge in [-0.15, -0.1) is 5.10 Å². The van der Waals surface area contributed by atoms with Crippen LogP contribution >= 0.6 is 27.5 Å². The van der Waals surface area contributed by atoms with Gasteiger partial charge in [0.25, 0.3) is 0 Å². The van der Waals surface area contributed by atoms with Gasteiger partial charge in [-0.25, -0.2) is 9.97 Å². The molecule has 5 nitrogen and oxygen atoms in total. The Hall–Kier alpha value is -1.08. The maximum absolute atomic E-state index is 4.15. The molecule has 0 aliphatic carbocycles. The lowest BCUT2D eigenvalue weighted by molar-refractivity contribution is 1.04. The minimum absolute atomic E-state index is 0.680. The third-order valence-corrected chi connectivity index (χ3v) is 3.03. The molecule has 0 amide bonds. The maximum Gasteiger partial charge on any atom is 0.144 e. The normalized spacial score (nSPS) is 10.3. The first kappa shape index (κ1) is 10.4. The molecule has 2 heterocycles. The van der Waals surface area contributed by atoms with E-state index >= 15 is 0 Å². The number of hydrogen-bond acceptors (Lipinski definition) is 6. The number of aromatic nitrogens is 4. The molecule has 0 aromatic carbocycles. The fraction of sp³-hybridized carbons (Fsp3) is 0.250. The second-order valence-electron chi connectivity index (χ2n) is 2.86. The van der Waals surface area contributed by atoms with E-state index in [9.17, 15) is 0 Å².